The summed E-state index contributed by atoms with van der Waals surface area (Å²) in [5.74, 6) is 1.50. The highest BCUT2D eigenvalue weighted by atomic mass is 32.2. The third-order valence-electron chi connectivity index (χ3n) is 4.91. The third-order valence-corrected chi connectivity index (χ3v) is 5.82. The molecule has 1 saturated carbocycles. The molecule has 1 aliphatic carbocycles. The number of primary sulfonamides is 1. The number of sulfonamides is 1. The number of nitrogens with zero attached hydrogens (tertiary/aromatic N) is 2. The van der Waals surface area contributed by atoms with E-state index in [-0.39, 0.29) is 4.90 Å². The zero-order chi connectivity index (χ0) is 19.6. The Morgan fingerprint density at radius 1 is 1.29 bits per heavy atom. The molecule has 148 valence electrons. The number of hydrogen-bond donors (Lipinski definition) is 3. The van der Waals surface area contributed by atoms with Crippen LogP contribution in [0.15, 0.2) is 35.5 Å². The molecular formula is C18H23N6O3S+. The maximum Gasteiger partial charge on any atom is 0.399 e. The van der Waals surface area contributed by atoms with Gasteiger partial charge in [-0.3, -0.25) is 0 Å². The minimum absolute atomic E-state index is 0.0205. The first-order chi connectivity index (χ1) is 13.5. The number of nitrogens with one attached hydrogen (secondary N) is 3. The Balaban J connectivity index is 1.58. The number of anilines is 2. The van der Waals surface area contributed by atoms with Crippen molar-refractivity contribution in [3.8, 4) is 5.88 Å². The smallest absolute Gasteiger partial charge is 0.399 e. The molecule has 1 aliphatic rings. The number of H-pyrrole nitrogens is 2. The highest BCUT2D eigenvalue weighted by molar-refractivity contribution is 7.89. The average Bonchev–Trinajstić information content (AvgIpc) is 3.15. The van der Waals surface area contributed by atoms with E-state index in [0.29, 0.717) is 41.2 Å². The minimum atomic E-state index is -3.79. The van der Waals surface area contributed by atoms with Crippen molar-refractivity contribution in [2.75, 3.05) is 11.9 Å². The molecular weight excluding hydrogens is 380 g/mol. The molecule has 0 spiro atoms. The van der Waals surface area contributed by atoms with E-state index in [1.165, 1.54) is 44.2 Å². The summed E-state index contributed by atoms with van der Waals surface area (Å²) in [6, 6.07) is 6.21. The molecule has 2 aromatic heterocycles. The normalized spacial score (nSPS) is 15.6. The van der Waals surface area contributed by atoms with Gasteiger partial charge in [0.05, 0.1) is 17.8 Å². The summed E-state index contributed by atoms with van der Waals surface area (Å²) in [6.07, 6.45) is 7.73. The van der Waals surface area contributed by atoms with Crippen molar-refractivity contribution in [3.05, 3.63) is 30.6 Å². The zero-order valence-corrected chi connectivity index (χ0v) is 16.1. The van der Waals surface area contributed by atoms with Gasteiger partial charge < -0.3 is 9.72 Å². The lowest BCUT2D eigenvalue weighted by Gasteiger charge is -2.21. The van der Waals surface area contributed by atoms with Gasteiger partial charge in [-0.15, -0.1) is 0 Å². The quantitative estimate of drug-likeness (QED) is 0.576. The maximum atomic E-state index is 11.6. The molecule has 1 aromatic carbocycles. The lowest BCUT2D eigenvalue weighted by Crippen LogP contribution is -2.21. The molecule has 0 amide bonds. The molecule has 28 heavy (non-hydrogen) atoms. The predicted molar refractivity (Wildman–Crippen MR) is 104 cm³/mol. The van der Waals surface area contributed by atoms with Crippen molar-refractivity contribution in [2.45, 2.75) is 37.0 Å². The van der Waals surface area contributed by atoms with Crippen molar-refractivity contribution < 1.29 is 18.1 Å². The van der Waals surface area contributed by atoms with Gasteiger partial charge in [0.15, 0.2) is 5.52 Å². The standard InChI is InChI=1S/C18H22N6O3S/c19-28(25,26)14-8-4-7-13(9-14)22-18-23-16-15(20-11-21-16)17(24-18)27-10-12-5-2-1-3-6-12/h4,7-9,11-12H,1-3,5-6,10H2,(H2,19,25,26)(H2,20,21,22,23,24)/p+1. The number of benzene rings is 1. The molecule has 1 fully saturated rings. The van der Waals surface area contributed by atoms with Crippen LogP contribution in [0.3, 0.4) is 0 Å². The molecule has 0 aliphatic heterocycles. The van der Waals surface area contributed by atoms with Gasteiger partial charge in [0.1, 0.15) is 5.69 Å². The van der Waals surface area contributed by atoms with Crippen LogP contribution in [0, 0.1) is 5.92 Å². The van der Waals surface area contributed by atoms with Crippen molar-refractivity contribution >= 4 is 32.8 Å². The van der Waals surface area contributed by atoms with E-state index in [0.717, 1.165) is 0 Å². The molecule has 3 aromatic rings. The summed E-state index contributed by atoms with van der Waals surface area (Å²) in [4.78, 5) is 14.8. The molecule has 5 N–H and O–H groups in total. The van der Waals surface area contributed by atoms with Crippen LogP contribution in [-0.2, 0) is 10.0 Å². The summed E-state index contributed by atoms with van der Waals surface area (Å²) in [6.45, 7) is 0.634. The van der Waals surface area contributed by atoms with Crippen molar-refractivity contribution in [1.29, 1.82) is 0 Å². The molecule has 0 bridgehead atoms. The van der Waals surface area contributed by atoms with Crippen LogP contribution in [0.2, 0.25) is 0 Å². The van der Waals surface area contributed by atoms with Crippen molar-refractivity contribution in [3.63, 3.8) is 0 Å². The Kier molecular flexibility index (Phi) is 5.14. The van der Waals surface area contributed by atoms with Gasteiger partial charge in [0, 0.05) is 0 Å². The second-order valence-corrected chi connectivity index (χ2v) is 8.59. The monoisotopic (exact) mass is 403 g/mol. The van der Waals surface area contributed by atoms with E-state index in [1.54, 1.807) is 18.5 Å². The largest absolute Gasteiger partial charge is 0.466 e. The Morgan fingerprint density at radius 2 is 2.11 bits per heavy atom. The van der Waals surface area contributed by atoms with Gasteiger partial charge in [-0.05, 0) is 41.9 Å². The second-order valence-electron chi connectivity index (χ2n) is 7.03. The Labute approximate surface area is 162 Å². The van der Waals surface area contributed by atoms with E-state index in [4.69, 9.17) is 9.88 Å². The summed E-state index contributed by atoms with van der Waals surface area (Å²) >= 11 is 0. The van der Waals surface area contributed by atoms with E-state index in [9.17, 15) is 8.42 Å². The number of imidazole rings is 1. The molecule has 0 saturated heterocycles. The molecule has 4 rings (SSSR count). The first-order valence-electron chi connectivity index (χ1n) is 9.28. The lowest BCUT2D eigenvalue weighted by atomic mass is 9.90. The third kappa shape index (κ3) is 4.23. The lowest BCUT2D eigenvalue weighted by molar-refractivity contribution is -0.380. The Bertz CT molecular complexity index is 1080. The molecule has 9 nitrogen and oxygen atoms in total. The average molecular weight is 403 g/mol. The van der Waals surface area contributed by atoms with Crippen molar-refractivity contribution in [2.24, 2.45) is 11.1 Å². The van der Waals surface area contributed by atoms with Crippen LogP contribution in [0.1, 0.15) is 32.1 Å². The van der Waals surface area contributed by atoms with Crippen LogP contribution in [-0.4, -0.2) is 30.0 Å². The number of rotatable bonds is 6. The van der Waals surface area contributed by atoms with Crippen LogP contribution in [0.25, 0.3) is 11.2 Å². The highest BCUT2D eigenvalue weighted by Crippen LogP contribution is 2.26. The Hall–Kier alpha value is -2.72. The van der Waals surface area contributed by atoms with Gasteiger partial charge in [0.25, 0.3) is 11.5 Å². The maximum absolute atomic E-state index is 11.6. The number of aromatic amines is 2. The number of nitrogens with two attached hydrogens (primary N) is 1. The molecule has 10 heteroatoms. The summed E-state index contributed by atoms with van der Waals surface area (Å²) in [7, 11) is -3.79. The van der Waals surface area contributed by atoms with E-state index < -0.39 is 10.0 Å². The topological polar surface area (TPSA) is 137 Å². The fourth-order valence-electron chi connectivity index (χ4n) is 3.45. The van der Waals surface area contributed by atoms with Gasteiger partial charge in [0.2, 0.25) is 10.0 Å². The molecule has 0 radical (unpaired) electrons. The number of ether oxygens (including phenoxy) is 1. The number of fused-ring (bicyclic) bond motifs is 1. The Morgan fingerprint density at radius 3 is 2.89 bits per heavy atom. The fraction of sp³-hybridized carbons (Fsp3) is 0.389. The summed E-state index contributed by atoms with van der Waals surface area (Å²) < 4.78 is 29.2. The van der Waals surface area contributed by atoms with Crippen LogP contribution < -0.4 is 20.2 Å². The van der Waals surface area contributed by atoms with E-state index in [1.807, 2.05) is 0 Å². The summed E-state index contributed by atoms with van der Waals surface area (Å²) in [5.41, 5.74) is 1.73. The van der Waals surface area contributed by atoms with E-state index >= 15 is 0 Å². The van der Waals surface area contributed by atoms with Gasteiger partial charge in [-0.2, -0.15) is 0 Å². The predicted octanol–water partition coefficient (Wildman–Crippen LogP) is 2.12. The first kappa shape index (κ1) is 18.6. The van der Waals surface area contributed by atoms with Crippen LogP contribution >= 0.6 is 0 Å². The zero-order valence-electron chi connectivity index (χ0n) is 15.3. The first-order valence-corrected chi connectivity index (χ1v) is 10.8. The molecule has 2 heterocycles. The minimum Gasteiger partial charge on any atom is -0.466 e. The van der Waals surface area contributed by atoms with Crippen LogP contribution in [0.4, 0.5) is 11.6 Å². The van der Waals surface area contributed by atoms with Crippen molar-refractivity contribution in [1.82, 2.24) is 15.0 Å². The SMILES string of the molecule is NS(=O)(=O)c1cccc(Nc2nc3nc[nH]c3c(OCC3CCCCC3)[nH+]2)c1. The molecule has 0 unspecified atom stereocenters. The summed E-state index contributed by atoms with van der Waals surface area (Å²) in [5, 5.41) is 8.26. The van der Waals surface area contributed by atoms with E-state index in [2.05, 4.69) is 25.3 Å². The van der Waals surface area contributed by atoms with Gasteiger partial charge in [-0.25, -0.2) is 28.8 Å². The number of hydrogen-bond acceptors (Lipinski definition) is 6. The molecule has 0 atom stereocenters. The van der Waals surface area contributed by atoms with Crippen LogP contribution in [0.5, 0.6) is 5.88 Å². The van der Waals surface area contributed by atoms with Gasteiger partial charge >= 0.3 is 5.95 Å². The highest BCUT2D eigenvalue weighted by Gasteiger charge is 2.20. The van der Waals surface area contributed by atoms with Gasteiger partial charge in [-0.1, -0.05) is 25.3 Å². The number of aromatic nitrogens is 4. The second kappa shape index (κ2) is 7.72. The fourth-order valence-corrected chi connectivity index (χ4v) is 4.01.